The van der Waals surface area contributed by atoms with E-state index in [2.05, 4.69) is 85.2 Å². The summed E-state index contributed by atoms with van der Waals surface area (Å²) in [7, 11) is 0. The molecule has 0 spiro atoms. The van der Waals surface area contributed by atoms with Gasteiger partial charge in [-0.15, -0.1) is 0 Å². The molecule has 1 amide bonds. The largest absolute Gasteiger partial charge is 0.354 e. The molecule has 2 atom stereocenters. The van der Waals surface area contributed by atoms with Crippen molar-refractivity contribution in [2.45, 2.75) is 86.2 Å². The van der Waals surface area contributed by atoms with Crippen LogP contribution in [0.5, 0.6) is 0 Å². The molecule has 0 aliphatic carbocycles. The van der Waals surface area contributed by atoms with Crippen molar-refractivity contribution in [3.8, 4) is 5.69 Å². The maximum absolute atomic E-state index is 13.8. The molecule has 0 radical (unpaired) electrons. The minimum Gasteiger partial charge on any atom is -0.354 e. The molecule has 6 nitrogen and oxygen atoms in total. The third kappa shape index (κ3) is 6.46. The van der Waals surface area contributed by atoms with Crippen LogP contribution in [-0.4, -0.2) is 64.3 Å². The molecule has 0 unspecified atom stereocenters. The smallest absolute Gasteiger partial charge is 0.226 e. The van der Waals surface area contributed by atoms with E-state index >= 15 is 0 Å². The Morgan fingerprint density at radius 3 is 2.29 bits per heavy atom. The average molecular weight is 482 g/mol. The van der Waals surface area contributed by atoms with Crippen LogP contribution in [-0.2, 0) is 11.3 Å². The maximum atomic E-state index is 13.8. The summed E-state index contributed by atoms with van der Waals surface area (Å²) in [4.78, 5) is 21.0. The van der Waals surface area contributed by atoms with Crippen molar-refractivity contribution < 1.29 is 4.79 Å². The zero-order valence-corrected chi connectivity index (χ0v) is 23.0. The van der Waals surface area contributed by atoms with Gasteiger partial charge in [-0.05, 0) is 51.8 Å². The zero-order valence-electron chi connectivity index (χ0n) is 23.0. The Labute approximate surface area is 213 Å². The van der Waals surface area contributed by atoms with Gasteiger partial charge in [0.2, 0.25) is 5.91 Å². The molecule has 1 fully saturated rings. The van der Waals surface area contributed by atoms with Gasteiger partial charge in [0, 0.05) is 43.7 Å². The number of benzene rings is 1. The molecule has 2 heterocycles. The van der Waals surface area contributed by atoms with Gasteiger partial charge < -0.3 is 14.7 Å². The summed E-state index contributed by atoms with van der Waals surface area (Å²) in [6, 6.07) is 10.6. The Hall–Kier alpha value is -2.34. The van der Waals surface area contributed by atoms with Gasteiger partial charge >= 0.3 is 0 Å². The summed E-state index contributed by atoms with van der Waals surface area (Å²) in [5.41, 5.74) is 3.29. The lowest BCUT2D eigenvalue weighted by molar-refractivity contribution is -0.138. The number of carbonyl (C=O) groups excluding carboxylic acids is 1. The predicted octanol–water partition coefficient (Wildman–Crippen LogP) is 5.67. The molecule has 3 rings (SSSR count). The second-order valence-corrected chi connectivity index (χ2v) is 10.0. The van der Waals surface area contributed by atoms with Crippen molar-refractivity contribution in [2.75, 3.05) is 37.6 Å². The highest BCUT2D eigenvalue weighted by Crippen LogP contribution is 2.31. The summed E-state index contributed by atoms with van der Waals surface area (Å²) in [5.74, 6) is 1.57. The van der Waals surface area contributed by atoms with Crippen LogP contribution >= 0.6 is 0 Å². The highest BCUT2D eigenvalue weighted by atomic mass is 16.2. The number of carbonyl (C=O) groups is 1. The Kier molecular flexibility index (Phi) is 10.2. The normalized spacial score (nSPS) is 16.3. The molecule has 1 aromatic carbocycles. The lowest BCUT2D eigenvalue weighted by Crippen LogP contribution is -2.47. The third-order valence-electron chi connectivity index (χ3n) is 7.76. The van der Waals surface area contributed by atoms with Crippen molar-refractivity contribution >= 4 is 11.7 Å². The fourth-order valence-corrected chi connectivity index (χ4v) is 5.11. The minimum absolute atomic E-state index is 0.102. The number of likely N-dealkylation sites (N-methyl/N-ethyl adjacent to an activating group) is 1. The first kappa shape index (κ1) is 27.3. The maximum Gasteiger partial charge on any atom is 0.226 e. The first-order valence-corrected chi connectivity index (χ1v) is 13.9. The van der Waals surface area contributed by atoms with Crippen molar-refractivity contribution in [2.24, 2.45) is 5.92 Å². The first-order valence-electron chi connectivity index (χ1n) is 13.9. The topological polar surface area (TPSA) is 44.6 Å². The van der Waals surface area contributed by atoms with Gasteiger partial charge in [0.05, 0.1) is 17.9 Å². The fourth-order valence-electron chi connectivity index (χ4n) is 5.11. The van der Waals surface area contributed by atoms with Crippen molar-refractivity contribution in [1.29, 1.82) is 0 Å². The summed E-state index contributed by atoms with van der Waals surface area (Å²) in [6.45, 7) is 18.8. The van der Waals surface area contributed by atoms with Gasteiger partial charge in [0.25, 0.3) is 0 Å². The van der Waals surface area contributed by atoms with Gasteiger partial charge in [-0.3, -0.25) is 4.79 Å². The third-order valence-corrected chi connectivity index (χ3v) is 7.76. The lowest BCUT2D eigenvalue weighted by Gasteiger charge is -2.37. The zero-order chi connectivity index (χ0) is 25.4. The fraction of sp³-hybridized carbons (Fsp3) is 0.655. The van der Waals surface area contributed by atoms with Crippen LogP contribution in [0.3, 0.4) is 0 Å². The van der Waals surface area contributed by atoms with E-state index in [1.165, 1.54) is 5.56 Å². The number of rotatable bonds is 12. The van der Waals surface area contributed by atoms with Crippen molar-refractivity contribution in [3.05, 3.63) is 41.6 Å². The summed E-state index contributed by atoms with van der Waals surface area (Å²) in [5, 5.41) is 5.03. The van der Waals surface area contributed by atoms with E-state index < -0.39 is 0 Å². The Morgan fingerprint density at radius 1 is 1.03 bits per heavy atom. The van der Waals surface area contributed by atoms with Crippen LogP contribution in [0.25, 0.3) is 5.69 Å². The number of aryl methyl sites for hydroxylation is 1. The number of nitrogens with zero attached hydrogens (tertiary/aromatic N) is 5. The molecule has 1 saturated heterocycles. The van der Waals surface area contributed by atoms with Crippen LogP contribution in [0.2, 0.25) is 0 Å². The van der Waals surface area contributed by atoms with Crippen LogP contribution in [0.4, 0.5) is 5.82 Å². The first-order chi connectivity index (χ1) is 16.9. The molecule has 35 heavy (non-hydrogen) atoms. The summed E-state index contributed by atoms with van der Waals surface area (Å²) < 4.78 is 2.11. The molecule has 1 aliphatic rings. The van der Waals surface area contributed by atoms with E-state index in [-0.39, 0.29) is 12.0 Å². The van der Waals surface area contributed by atoms with E-state index in [0.29, 0.717) is 12.5 Å². The second-order valence-electron chi connectivity index (χ2n) is 10.0. The Balaban J connectivity index is 2.01. The molecule has 0 N–H and O–H groups in total. The number of hydrogen-bond acceptors (Lipinski definition) is 4. The number of anilines is 1. The van der Waals surface area contributed by atoms with Gasteiger partial charge in [0.15, 0.2) is 0 Å². The predicted molar refractivity (Wildman–Crippen MR) is 146 cm³/mol. The molecule has 6 heteroatoms. The summed E-state index contributed by atoms with van der Waals surface area (Å²) >= 11 is 0. The SMILES string of the molecule is CCCC[C@H](CC)C(=O)N(Cc1c(C)nn(-c2ccccc2)c1N1CCN(CC)CC1)[C@H](C)CC. The molecular weight excluding hydrogens is 434 g/mol. The standard InChI is InChI=1S/C29H47N5O/c1-7-11-15-25(9-3)29(35)33(23(5)8-2)22-27-24(6)30-34(26-16-13-12-14-17-26)28(27)32-20-18-31(10-4)19-21-32/h12-14,16-17,23,25H,7-11,15,18-22H2,1-6H3/t23-,25+/m1/s1. The number of piperazine rings is 1. The highest BCUT2D eigenvalue weighted by Gasteiger charge is 2.31. The molecule has 0 bridgehead atoms. The van der Waals surface area contributed by atoms with Gasteiger partial charge in [-0.2, -0.15) is 5.10 Å². The van der Waals surface area contributed by atoms with Gasteiger partial charge in [-0.25, -0.2) is 4.68 Å². The molecule has 2 aromatic rings. The molecule has 1 aliphatic heterocycles. The van der Waals surface area contributed by atoms with E-state index in [0.717, 1.165) is 82.0 Å². The number of aromatic nitrogens is 2. The van der Waals surface area contributed by atoms with E-state index in [9.17, 15) is 4.79 Å². The summed E-state index contributed by atoms with van der Waals surface area (Å²) in [6.07, 6.45) is 5.07. The van der Waals surface area contributed by atoms with Crippen LogP contribution in [0, 0.1) is 12.8 Å². The Bertz CT molecular complexity index is 917. The minimum atomic E-state index is 0.102. The van der Waals surface area contributed by atoms with Crippen LogP contribution in [0.15, 0.2) is 30.3 Å². The number of amides is 1. The van der Waals surface area contributed by atoms with Gasteiger partial charge in [0.1, 0.15) is 5.82 Å². The number of hydrogen-bond donors (Lipinski definition) is 0. The van der Waals surface area contributed by atoms with E-state index in [4.69, 9.17) is 5.10 Å². The Morgan fingerprint density at radius 2 is 1.71 bits per heavy atom. The number of para-hydroxylation sites is 1. The molecule has 1 aromatic heterocycles. The quantitative estimate of drug-likeness (QED) is 0.392. The van der Waals surface area contributed by atoms with E-state index in [1.807, 2.05) is 6.07 Å². The molecule has 194 valence electrons. The monoisotopic (exact) mass is 481 g/mol. The van der Waals surface area contributed by atoms with E-state index in [1.54, 1.807) is 0 Å². The lowest BCUT2D eigenvalue weighted by atomic mass is 9.96. The highest BCUT2D eigenvalue weighted by molar-refractivity contribution is 5.79. The number of unbranched alkanes of at least 4 members (excludes halogenated alkanes) is 1. The second kappa shape index (κ2) is 13.1. The van der Waals surface area contributed by atoms with Crippen LogP contribution in [0.1, 0.15) is 78.0 Å². The van der Waals surface area contributed by atoms with Crippen LogP contribution < -0.4 is 4.90 Å². The average Bonchev–Trinajstić information content (AvgIpc) is 3.23. The molecular formula is C29H47N5O. The van der Waals surface area contributed by atoms with Crippen molar-refractivity contribution in [1.82, 2.24) is 19.6 Å². The molecule has 0 saturated carbocycles. The van der Waals surface area contributed by atoms with Crippen molar-refractivity contribution in [3.63, 3.8) is 0 Å². The van der Waals surface area contributed by atoms with Gasteiger partial charge in [-0.1, -0.05) is 58.7 Å².